The monoisotopic (exact) mass is 318 g/mol. The first kappa shape index (κ1) is 16.2. The van der Waals surface area contributed by atoms with Crippen LogP contribution in [0.25, 0.3) is 0 Å². The van der Waals surface area contributed by atoms with E-state index in [0.29, 0.717) is 13.0 Å². The van der Waals surface area contributed by atoms with Crippen molar-refractivity contribution in [3.8, 4) is 0 Å². The molecule has 1 aliphatic carbocycles. The van der Waals surface area contributed by atoms with Crippen LogP contribution in [0.5, 0.6) is 0 Å². The molecule has 0 saturated carbocycles. The van der Waals surface area contributed by atoms with E-state index in [4.69, 9.17) is 4.74 Å². The Labute approximate surface area is 137 Å². The Morgan fingerprint density at radius 2 is 2.22 bits per heavy atom. The Hall–Kier alpha value is -1.69. The number of methoxy groups -OCH3 is 1. The van der Waals surface area contributed by atoms with E-state index in [9.17, 15) is 4.79 Å². The van der Waals surface area contributed by atoms with E-state index in [-0.39, 0.29) is 11.9 Å². The van der Waals surface area contributed by atoms with Crippen LogP contribution in [0.2, 0.25) is 0 Å². The highest BCUT2D eigenvalue weighted by molar-refractivity contribution is 5.79. The summed E-state index contributed by atoms with van der Waals surface area (Å²) in [6.45, 7) is 4.03. The second-order valence-electron chi connectivity index (χ2n) is 6.54. The van der Waals surface area contributed by atoms with Gasteiger partial charge in [-0.1, -0.05) is 11.6 Å². The molecule has 0 aromatic carbocycles. The number of allylic oxidation sites excluding steroid dienone is 1. The van der Waals surface area contributed by atoms with Gasteiger partial charge in [0.15, 0.2) is 5.82 Å². The molecule has 1 atom stereocenters. The molecule has 6 heteroatoms. The van der Waals surface area contributed by atoms with Crippen LogP contribution in [0.1, 0.15) is 50.7 Å². The zero-order valence-corrected chi connectivity index (χ0v) is 14.1. The zero-order chi connectivity index (χ0) is 16.2. The number of nitrogens with zero attached hydrogens (tertiary/aromatic N) is 4. The molecule has 0 fully saturated rings. The molecule has 0 N–H and O–H groups in total. The number of amides is 1. The van der Waals surface area contributed by atoms with Crippen LogP contribution in [0.4, 0.5) is 0 Å². The van der Waals surface area contributed by atoms with E-state index in [1.165, 1.54) is 18.4 Å². The quantitative estimate of drug-likeness (QED) is 0.798. The van der Waals surface area contributed by atoms with Gasteiger partial charge in [-0.2, -0.15) is 0 Å². The Bertz CT molecular complexity index is 593. The predicted octanol–water partition coefficient (Wildman–Crippen LogP) is 2.09. The van der Waals surface area contributed by atoms with Crippen molar-refractivity contribution < 1.29 is 9.53 Å². The average Bonchev–Trinajstić information content (AvgIpc) is 2.82. The van der Waals surface area contributed by atoms with Crippen molar-refractivity contribution in [2.24, 2.45) is 0 Å². The van der Waals surface area contributed by atoms with E-state index < -0.39 is 0 Å². The molecule has 6 nitrogen and oxygen atoms in total. The molecule has 2 heterocycles. The molecule has 3 rings (SSSR count). The minimum Gasteiger partial charge on any atom is -0.377 e. The molecule has 126 valence electrons. The number of rotatable bonds is 4. The minimum absolute atomic E-state index is 0.160. The first-order valence-corrected chi connectivity index (χ1v) is 8.56. The fourth-order valence-electron chi connectivity index (χ4n) is 3.55. The van der Waals surface area contributed by atoms with Gasteiger partial charge in [-0.3, -0.25) is 4.79 Å². The van der Waals surface area contributed by atoms with E-state index >= 15 is 0 Å². The number of fused-ring (bicyclic) bond motifs is 1. The molecule has 0 radical (unpaired) electrons. The molecule has 1 aromatic heterocycles. The van der Waals surface area contributed by atoms with Crippen molar-refractivity contribution in [2.45, 2.75) is 64.6 Å². The average molecular weight is 318 g/mol. The van der Waals surface area contributed by atoms with E-state index in [1.54, 1.807) is 7.11 Å². The van der Waals surface area contributed by atoms with Crippen LogP contribution < -0.4 is 0 Å². The lowest BCUT2D eigenvalue weighted by Crippen LogP contribution is -2.40. The number of ether oxygens (including phenoxy) is 1. The molecule has 1 unspecified atom stereocenters. The van der Waals surface area contributed by atoms with Gasteiger partial charge in [0.2, 0.25) is 5.91 Å². The molecule has 1 amide bonds. The molecule has 0 bridgehead atoms. The highest BCUT2D eigenvalue weighted by Crippen LogP contribution is 2.23. The highest BCUT2D eigenvalue weighted by Gasteiger charge is 2.27. The summed E-state index contributed by atoms with van der Waals surface area (Å²) in [6, 6.07) is 0.160. The van der Waals surface area contributed by atoms with Crippen LogP contribution in [-0.4, -0.2) is 45.3 Å². The molecule has 1 aromatic rings. The summed E-state index contributed by atoms with van der Waals surface area (Å²) < 4.78 is 7.29. The van der Waals surface area contributed by atoms with Gasteiger partial charge in [0, 0.05) is 39.1 Å². The third-order valence-electron chi connectivity index (χ3n) is 4.84. The van der Waals surface area contributed by atoms with Crippen LogP contribution in [0, 0.1) is 0 Å². The van der Waals surface area contributed by atoms with Gasteiger partial charge in [-0.05, 0) is 32.6 Å². The number of carbonyl (C=O) groups is 1. The molecule has 1 aliphatic heterocycles. The van der Waals surface area contributed by atoms with Crippen molar-refractivity contribution in [1.82, 2.24) is 19.7 Å². The molecule has 0 spiro atoms. The summed E-state index contributed by atoms with van der Waals surface area (Å²) >= 11 is 0. The number of carbonyl (C=O) groups excluding carboxylic acids is 1. The predicted molar refractivity (Wildman–Crippen MR) is 86.8 cm³/mol. The third-order valence-corrected chi connectivity index (χ3v) is 4.84. The molecule has 23 heavy (non-hydrogen) atoms. The van der Waals surface area contributed by atoms with Crippen molar-refractivity contribution >= 4 is 5.91 Å². The summed E-state index contributed by atoms with van der Waals surface area (Å²) in [5.74, 6) is 2.05. The Morgan fingerprint density at radius 3 is 2.96 bits per heavy atom. The first-order valence-electron chi connectivity index (χ1n) is 8.56. The lowest BCUT2D eigenvalue weighted by Gasteiger charge is -2.27. The summed E-state index contributed by atoms with van der Waals surface area (Å²) in [5.41, 5.74) is 1.32. The second kappa shape index (κ2) is 7.25. The fourth-order valence-corrected chi connectivity index (χ4v) is 3.55. The van der Waals surface area contributed by atoms with Gasteiger partial charge in [0.1, 0.15) is 12.4 Å². The normalized spacial score (nSPS) is 21.6. The van der Waals surface area contributed by atoms with E-state index in [1.807, 2.05) is 4.90 Å². The summed E-state index contributed by atoms with van der Waals surface area (Å²) in [4.78, 5) is 14.7. The summed E-state index contributed by atoms with van der Waals surface area (Å²) in [5, 5.41) is 8.48. The third kappa shape index (κ3) is 3.63. The van der Waals surface area contributed by atoms with Crippen molar-refractivity contribution in [1.29, 1.82) is 0 Å². The second-order valence-corrected chi connectivity index (χ2v) is 6.54. The lowest BCUT2D eigenvalue weighted by atomic mass is 9.96. The Balaban J connectivity index is 1.68. The Morgan fingerprint density at radius 1 is 1.35 bits per heavy atom. The smallest absolute Gasteiger partial charge is 0.226 e. The lowest BCUT2D eigenvalue weighted by molar-refractivity contribution is -0.132. The van der Waals surface area contributed by atoms with E-state index in [0.717, 1.165) is 44.0 Å². The van der Waals surface area contributed by atoms with Crippen LogP contribution in [0.3, 0.4) is 0 Å². The van der Waals surface area contributed by atoms with Gasteiger partial charge >= 0.3 is 0 Å². The number of aromatic nitrogens is 3. The number of hydrogen-bond acceptors (Lipinski definition) is 4. The van der Waals surface area contributed by atoms with Crippen LogP contribution in [0.15, 0.2) is 11.6 Å². The topological polar surface area (TPSA) is 60.3 Å². The summed E-state index contributed by atoms with van der Waals surface area (Å²) in [6.07, 6.45) is 8.27. The molecular formula is C17H26N4O2. The Kier molecular flexibility index (Phi) is 5.10. The molecule has 2 aliphatic rings. The van der Waals surface area contributed by atoms with Crippen LogP contribution in [-0.2, 0) is 29.1 Å². The molecular weight excluding hydrogens is 292 g/mol. The zero-order valence-electron chi connectivity index (χ0n) is 14.1. The summed E-state index contributed by atoms with van der Waals surface area (Å²) in [7, 11) is 1.66. The standard InChI is InChI=1S/C17H26N4O2/c1-13-10-15-18-19-16(12-23-2)21(15)9-8-20(13)17(22)11-14-6-4-3-5-7-14/h6,13H,3-5,7-12H2,1-2H3. The minimum atomic E-state index is 0.160. The maximum Gasteiger partial charge on any atom is 0.226 e. The highest BCUT2D eigenvalue weighted by atomic mass is 16.5. The van der Waals surface area contributed by atoms with Crippen molar-refractivity contribution in [3.05, 3.63) is 23.3 Å². The first-order chi connectivity index (χ1) is 11.2. The van der Waals surface area contributed by atoms with Crippen molar-refractivity contribution in [3.63, 3.8) is 0 Å². The van der Waals surface area contributed by atoms with Crippen LogP contribution >= 0.6 is 0 Å². The maximum atomic E-state index is 12.7. The van der Waals surface area contributed by atoms with Gasteiger partial charge < -0.3 is 14.2 Å². The van der Waals surface area contributed by atoms with Crippen molar-refractivity contribution in [2.75, 3.05) is 13.7 Å². The fraction of sp³-hybridized carbons (Fsp3) is 0.706. The van der Waals surface area contributed by atoms with E-state index in [2.05, 4.69) is 27.8 Å². The van der Waals surface area contributed by atoms with Gasteiger partial charge in [0.25, 0.3) is 0 Å². The largest absolute Gasteiger partial charge is 0.377 e. The van der Waals surface area contributed by atoms with Gasteiger partial charge in [-0.25, -0.2) is 0 Å². The van der Waals surface area contributed by atoms with Gasteiger partial charge in [0.05, 0.1) is 0 Å². The SMILES string of the molecule is COCc1nnc2n1CCN(C(=O)CC1=CCCCC1)C(C)C2. The molecule has 0 saturated heterocycles. The van der Waals surface area contributed by atoms with Gasteiger partial charge in [-0.15, -0.1) is 10.2 Å². The number of hydrogen-bond donors (Lipinski definition) is 0. The maximum absolute atomic E-state index is 12.7.